The maximum atomic E-state index is 12.8. The van der Waals surface area contributed by atoms with Crippen LogP contribution in [0.3, 0.4) is 0 Å². The van der Waals surface area contributed by atoms with Gasteiger partial charge in [-0.25, -0.2) is 9.37 Å². The molecule has 0 spiro atoms. The summed E-state index contributed by atoms with van der Waals surface area (Å²) in [4.78, 5) is 17.4. The van der Waals surface area contributed by atoms with Gasteiger partial charge in [-0.2, -0.15) is 5.26 Å². The molecule has 1 unspecified atom stereocenters. The third kappa shape index (κ3) is 2.80. The Morgan fingerprint density at radius 2 is 2.47 bits per heavy atom. The van der Waals surface area contributed by atoms with E-state index in [1.165, 1.54) is 0 Å². The maximum absolute atomic E-state index is 12.8. The van der Waals surface area contributed by atoms with E-state index < -0.39 is 11.6 Å². The van der Waals surface area contributed by atoms with Crippen molar-refractivity contribution in [2.24, 2.45) is 5.92 Å². The number of pyridine rings is 1. The van der Waals surface area contributed by atoms with E-state index in [-0.39, 0.29) is 23.7 Å². The average molecular weight is 264 g/mol. The van der Waals surface area contributed by atoms with Gasteiger partial charge in [0.1, 0.15) is 5.82 Å². The highest BCUT2D eigenvalue weighted by Crippen LogP contribution is 2.25. The molecule has 6 nitrogen and oxygen atoms in total. The van der Waals surface area contributed by atoms with Gasteiger partial charge in [0, 0.05) is 12.6 Å². The lowest BCUT2D eigenvalue weighted by atomic mass is 10.1. The van der Waals surface area contributed by atoms with Crippen LogP contribution in [-0.4, -0.2) is 40.5 Å². The molecule has 0 aliphatic carbocycles. The minimum atomic E-state index is -0.680. The van der Waals surface area contributed by atoms with Crippen LogP contribution in [0, 0.1) is 23.1 Å². The molecule has 1 aromatic rings. The number of rotatable bonds is 2. The van der Waals surface area contributed by atoms with E-state index in [4.69, 9.17) is 5.26 Å². The largest absolute Gasteiger partial charge is 0.504 e. The average Bonchev–Trinajstić information content (AvgIpc) is 2.74. The Hall–Kier alpha value is -2.20. The number of aromatic hydroxyl groups is 1. The first-order chi connectivity index (χ1) is 9.01. The zero-order chi connectivity index (χ0) is 14.0. The van der Waals surface area contributed by atoms with Crippen molar-refractivity contribution >= 4 is 11.7 Å². The Bertz CT molecular complexity index is 543. The van der Waals surface area contributed by atoms with Crippen LogP contribution in [-0.2, 0) is 4.79 Å². The van der Waals surface area contributed by atoms with Gasteiger partial charge < -0.3 is 10.4 Å². The summed E-state index contributed by atoms with van der Waals surface area (Å²) in [5.41, 5.74) is 0. The van der Waals surface area contributed by atoms with Gasteiger partial charge in [-0.05, 0) is 13.5 Å². The molecule has 1 fully saturated rings. The second-order valence-electron chi connectivity index (χ2n) is 4.53. The number of nitrogens with zero attached hydrogens (tertiary/aromatic N) is 3. The van der Waals surface area contributed by atoms with Crippen LogP contribution in [0.4, 0.5) is 10.2 Å². The molecule has 0 aromatic carbocycles. The lowest BCUT2D eigenvalue weighted by molar-refractivity contribution is -0.119. The standard InChI is InChI=1S/C12H13FN4O2/c1-17-6-7(2-9(17)4-14)12(19)16-11-10(18)3-8(13)5-15-11/h3,5,7,9,18H,2,6H2,1H3,(H,15,16,19)/t7-,9?/m0/s1. The molecule has 0 saturated carbocycles. The second kappa shape index (κ2) is 5.20. The molecule has 2 rings (SSSR count). The second-order valence-corrected chi connectivity index (χ2v) is 4.53. The molecule has 19 heavy (non-hydrogen) atoms. The van der Waals surface area contributed by atoms with Crippen molar-refractivity contribution in [3.8, 4) is 11.8 Å². The van der Waals surface area contributed by atoms with Crippen LogP contribution in [0.15, 0.2) is 12.3 Å². The number of nitriles is 1. The van der Waals surface area contributed by atoms with Crippen molar-refractivity contribution in [1.29, 1.82) is 5.26 Å². The van der Waals surface area contributed by atoms with Crippen molar-refractivity contribution in [1.82, 2.24) is 9.88 Å². The Labute approximate surface area is 109 Å². The van der Waals surface area contributed by atoms with E-state index in [2.05, 4.69) is 16.4 Å². The summed E-state index contributed by atoms with van der Waals surface area (Å²) < 4.78 is 12.8. The normalized spacial score (nSPS) is 23.0. The van der Waals surface area contributed by atoms with Gasteiger partial charge in [0.15, 0.2) is 11.6 Å². The fourth-order valence-corrected chi connectivity index (χ4v) is 2.08. The summed E-state index contributed by atoms with van der Waals surface area (Å²) in [6.45, 7) is 0.464. The third-order valence-electron chi connectivity index (χ3n) is 3.14. The van der Waals surface area contributed by atoms with Gasteiger partial charge >= 0.3 is 0 Å². The molecular formula is C12H13FN4O2. The minimum absolute atomic E-state index is 0.0746. The van der Waals surface area contributed by atoms with Crippen molar-refractivity contribution in [2.75, 3.05) is 18.9 Å². The van der Waals surface area contributed by atoms with Gasteiger partial charge in [0.2, 0.25) is 5.91 Å². The van der Waals surface area contributed by atoms with Crippen LogP contribution in [0.2, 0.25) is 0 Å². The topological polar surface area (TPSA) is 89.2 Å². The number of carbonyl (C=O) groups excluding carboxylic acids is 1. The van der Waals surface area contributed by atoms with E-state index in [0.717, 1.165) is 12.3 Å². The van der Waals surface area contributed by atoms with E-state index >= 15 is 0 Å². The minimum Gasteiger partial charge on any atom is -0.504 e. The summed E-state index contributed by atoms with van der Waals surface area (Å²) in [5, 5.41) is 20.8. The molecule has 1 aliphatic rings. The lowest BCUT2D eigenvalue weighted by Crippen LogP contribution is -2.26. The van der Waals surface area contributed by atoms with Crippen LogP contribution in [0.1, 0.15) is 6.42 Å². The first kappa shape index (κ1) is 13.2. The third-order valence-corrected chi connectivity index (χ3v) is 3.14. The molecule has 100 valence electrons. The van der Waals surface area contributed by atoms with E-state index in [9.17, 15) is 14.3 Å². The lowest BCUT2D eigenvalue weighted by Gasteiger charge is -2.11. The van der Waals surface area contributed by atoms with Gasteiger partial charge in [0.25, 0.3) is 0 Å². The van der Waals surface area contributed by atoms with Crippen LogP contribution < -0.4 is 5.32 Å². The number of likely N-dealkylation sites (tertiary alicyclic amines) is 1. The number of hydrogen-bond acceptors (Lipinski definition) is 5. The predicted molar refractivity (Wildman–Crippen MR) is 64.6 cm³/mol. The van der Waals surface area contributed by atoms with Gasteiger partial charge in [-0.15, -0.1) is 0 Å². The number of aromatic nitrogens is 1. The summed E-state index contributed by atoms with van der Waals surface area (Å²) in [7, 11) is 1.77. The first-order valence-corrected chi connectivity index (χ1v) is 5.76. The Balaban J connectivity index is 2.04. The Kier molecular flexibility index (Phi) is 3.62. The van der Waals surface area contributed by atoms with E-state index in [0.29, 0.717) is 13.0 Å². The molecule has 1 aliphatic heterocycles. The molecule has 2 N–H and O–H groups in total. The van der Waals surface area contributed by atoms with Gasteiger partial charge in [-0.1, -0.05) is 0 Å². The Morgan fingerprint density at radius 3 is 3.05 bits per heavy atom. The number of hydrogen-bond donors (Lipinski definition) is 2. The fourth-order valence-electron chi connectivity index (χ4n) is 2.08. The zero-order valence-electron chi connectivity index (χ0n) is 10.3. The van der Waals surface area contributed by atoms with Gasteiger partial charge in [-0.3, -0.25) is 9.69 Å². The number of carbonyl (C=O) groups is 1. The first-order valence-electron chi connectivity index (χ1n) is 5.76. The molecule has 0 bridgehead atoms. The summed E-state index contributed by atoms with van der Waals surface area (Å²) in [6, 6.07) is 2.70. The Morgan fingerprint density at radius 1 is 1.74 bits per heavy atom. The zero-order valence-corrected chi connectivity index (χ0v) is 10.3. The maximum Gasteiger partial charge on any atom is 0.230 e. The van der Waals surface area contributed by atoms with Crippen LogP contribution in [0.5, 0.6) is 5.75 Å². The summed E-state index contributed by atoms with van der Waals surface area (Å²) in [6.07, 6.45) is 1.34. The molecule has 7 heteroatoms. The molecule has 0 radical (unpaired) electrons. The molecule has 2 heterocycles. The van der Waals surface area contributed by atoms with E-state index in [1.54, 1.807) is 11.9 Å². The van der Waals surface area contributed by atoms with E-state index in [1.807, 2.05) is 0 Å². The van der Waals surface area contributed by atoms with Crippen molar-refractivity contribution in [2.45, 2.75) is 12.5 Å². The van der Waals surface area contributed by atoms with Gasteiger partial charge in [0.05, 0.1) is 24.2 Å². The summed E-state index contributed by atoms with van der Waals surface area (Å²) in [5.74, 6) is -1.86. The SMILES string of the molecule is CN1C[C@@H](C(=O)Nc2ncc(F)cc2O)CC1C#N. The molecule has 1 amide bonds. The molecular weight excluding hydrogens is 251 g/mol. The van der Waals surface area contributed by atoms with Crippen molar-refractivity contribution < 1.29 is 14.3 Å². The molecule has 2 atom stereocenters. The predicted octanol–water partition coefficient (Wildman–Crippen LogP) is 0.709. The monoisotopic (exact) mass is 264 g/mol. The van der Waals surface area contributed by atoms with Crippen LogP contribution in [0.25, 0.3) is 0 Å². The molecule has 1 aromatic heterocycles. The van der Waals surface area contributed by atoms with Crippen LogP contribution >= 0.6 is 0 Å². The smallest absolute Gasteiger partial charge is 0.230 e. The van der Waals surface area contributed by atoms with Crippen molar-refractivity contribution in [3.63, 3.8) is 0 Å². The number of amides is 1. The number of nitrogens with one attached hydrogen (secondary N) is 1. The highest BCUT2D eigenvalue weighted by Gasteiger charge is 2.34. The quantitative estimate of drug-likeness (QED) is 0.821. The number of anilines is 1. The molecule has 1 saturated heterocycles. The van der Waals surface area contributed by atoms with Crippen molar-refractivity contribution in [3.05, 3.63) is 18.1 Å². The number of halogens is 1. The highest BCUT2D eigenvalue weighted by molar-refractivity contribution is 5.93. The fraction of sp³-hybridized carbons (Fsp3) is 0.417. The summed E-state index contributed by atoms with van der Waals surface area (Å²) >= 11 is 0. The highest BCUT2D eigenvalue weighted by atomic mass is 19.1.